The largest absolute Gasteiger partial charge is 0.502 e. The highest BCUT2D eigenvalue weighted by molar-refractivity contribution is 5.91. The minimum absolute atomic E-state index is 0.0436. The van der Waals surface area contributed by atoms with Crippen molar-refractivity contribution in [1.82, 2.24) is 0 Å². The van der Waals surface area contributed by atoms with Gasteiger partial charge in [0, 0.05) is 0 Å². The van der Waals surface area contributed by atoms with E-state index in [0.29, 0.717) is 11.5 Å². The Bertz CT molecular complexity index is 459. The van der Waals surface area contributed by atoms with Gasteiger partial charge in [0.25, 0.3) is 0 Å². The smallest absolute Gasteiger partial charge is 0.338 e. The van der Waals surface area contributed by atoms with Crippen LogP contribution in [0.3, 0.4) is 0 Å². The lowest BCUT2D eigenvalue weighted by molar-refractivity contribution is 0.0127. The summed E-state index contributed by atoms with van der Waals surface area (Å²) >= 11 is 0. The molecule has 1 aliphatic carbocycles. The van der Waals surface area contributed by atoms with Crippen molar-refractivity contribution in [1.29, 1.82) is 0 Å². The fraction of sp³-hybridized carbons (Fsp3) is 0.471. The van der Waals surface area contributed by atoms with Crippen molar-refractivity contribution in [2.45, 2.75) is 38.7 Å². The average Bonchev–Trinajstić information content (AvgIpc) is 2.47. The number of carbonyl (C=O) groups is 1. The van der Waals surface area contributed by atoms with Crippen molar-refractivity contribution in [3.8, 4) is 0 Å². The molecule has 20 heavy (non-hydrogen) atoms. The summed E-state index contributed by atoms with van der Waals surface area (Å²) in [6.07, 6.45) is 5.46. The van der Waals surface area contributed by atoms with Crippen LogP contribution in [-0.2, 0) is 9.47 Å². The maximum atomic E-state index is 12.1. The molecular weight excluding hydrogens is 252 g/mol. The van der Waals surface area contributed by atoms with E-state index in [1.807, 2.05) is 31.2 Å². The molecule has 0 N–H and O–H groups in total. The molecule has 0 amide bonds. The van der Waals surface area contributed by atoms with Gasteiger partial charge in [-0.15, -0.1) is 0 Å². The average molecular weight is 274 g/mol. The third-order valence-electron chi connectivity index (χ3n) is 3.88. The van der Waals surface area contributed by atoms with Crippen molar-refractivity contribution in [2.75, 3.05) is 6.61 Å². The first-order chi connectivity index (χ1) is 9.70. The van der Waals surface area contributed by atoms with Gasteiger partial charge in [-0.05, 0) is 50.2 Å². The summed E-state index contributed by atoms with van der Waals surface area (Å²) in [5.41, 5.74) is 1.63. The van der Waals surface area contributed by atoms with Gasteiger partial charge in [-0.25, -0.2) is 4.79 Å². The third kappa shape index (κ3) is 3.86. The molecule has 3 heteroatoms. The van der Waals surface area contributed by atoms with Crippen molar-refractivity contribution in [3.63, 3.8) is 0 Å². The summed E-state index contributed by atoms with van der Waals surface area (Å²) in [7, 11) is 0. The van der Waals surface area contributed by atoms with E-state index in [2.05, 4.69) is 6.58 Å². The first kappa shape index (κ1) is 14.6. The highest BCUT2D eigenvalue weighted by Crippen LogP contribution is 2.27. The molecule has 0 unspecified atom stereocenters. The number of hydrogen-bond donors (Lipinski definition) is 0. The molecule has 2 rings (SSSR count). The molecule has 1 saturated carbocycles. The van der Waals surface area contributed by atoms with Crippen molar-refractivity contribution >= 4 is 5.97 Å². The van der Waals surface area contributed by atoms with Gasteiger partial charge < -0.3 is 9.47 Å². The van der Waals surface area contributed by atoms with E-state index < -0.39 is 0 Å². The Morgan fingerprint density at radius 2 is 2.00 bits per heavy atom. The van der Waals surface area contributed by atoms with Gasteiger partial charge in [0.15, 0.2) is 0 Å². The van der Waals surface area contributed by atoms with Gasteiger partial charge in [0.2, 0.25) is 0 Å². The molecule has 1 aromatic carbocycles. The molecule has 0 saturated heterocycles. The van der Waals surface area contributed by atoms with Crippen LogP contribution < -0.4 is 0 Å². The third-order valence-corrected chi connectivity index (χ3v) is 3.88. The molecule has 108 valence electrons. The van der Waals surface area contributed by atoms with Crippen molar-refractivity contribution < 1.29 is 14.3 Å². The zero-order valence-electron chi connectivity index (χ0n) is 12.0. The molecular formula is C17H22O3. The summed E-state index contributed by atoms with van der Waals surface area (Å²) in [5, 5.41) is 0. The normalized spacial score (nSPS) is 22.1. The van der Waals surface area contributed by atoms with E-state index in [1.165, 1.54) is 6.26 Å². The standard InChI is InChI=1S/C17H22O3/c1-3-19-12-14-8-10-15(11-9-14)20-17(18)16-7-5-4-6-13(16)2/h3-7,14-15H,1,8-12H2,2H3. The summed E-state index contributed by atoms with van der Waals surface area (Å²) in [6.45, 7) is 6.20. The second-order valence-corrected chi connectivity index (χ2v) is 5.36. The minimum atomic E-state index is -0.200. The van der Waals surface area contributed by atoms with Crippen molar-refractivity contribution in [2.24, 2.45) is 5.92 Å². The predicted octanol–water partition coefficient (Wildman–Crippen LogP) is 3.87. The molecule has 1 aliphatic rings. The van der Waals surface area contributed by atoms with Crippen LogP contribution in [0, 0.1) is 12.8 Å². The Morgan fingerprint density at radius 1 is 1.30 bits per heavy atom. The fourth-order valence-electron chi connectivity index (χ4n) is 2.64. The second kappa shape index (κ2) is 7.13. The lowest BCUT2D eigenvalue weighted by Gasteiger charge is -2.28. The van der Waals surface area contributed by atoms with Crippen LogP contribution in [0.5, 0.6) is 0 Å². The Kier molecular flexibility index (Phi) is 5.22. The highest BCUT2D eigenvalue weighted by atomic mass is 16.5. The molecule has 3 nitrogen and oxygen atoms in total. The van der Waals surface area contributed by atoms with Crippen LogP contribution >= 0.6 is 0 Å². The molecule has 0 radical (unpaired) electrons. The summed E-state index contributed by atoms with van der Waals surface area (Å²) in [6, 6.07) is 7.55. The predicted molar refractivity (Wildman–Crippen MR) is 78.5 cm³/mol. The summed E-state index contributed by atoms with van der Waals surface area (Å²) in [4.78, 5) is 12.1. The molecule has 0 aromatic heterocycles. The van der Waals surface area contributed by atoms with E-state index in [4.69, 9.17) is 9.47 Å². The van der Waals surface area contributed by atoms with Gasteiger partial charge >= 0.3 is 5.97 Å². The van der Waals surface area contributed by atoms with E-state index in [1.54, 1.807) is 0 Å². The van der Waals surface area contributed by atoms with Gasteiger partial charge in [-0.3, -0.25) is 0 Å². The molecule has 0 bridgehead atoms. The number of rotatable bonds is 5. The SMILES string of the molecule is C=COCC1CCC(OC(=O)c2ccccc2C)CC1. The molecule has 1 aromatic rings. The fourth-order valence-corrected chi connectivity index (χ4v) is 2.64. The lowest BCUT2D eigenvalue weighted by Crippen LogP contribution is -2.26. The number of carbonyl (C=O) groups excluding carboxylic acids is 1. The van der Waals surface area contributed by atoms with Gasteiger partial charge in [0.1, 0.15) is 6.10 Å². The van der Waals surface area contributed by atoms with E-state index in [-0.39, 0.29) is 12.1 Å². The first-order valence-corrected chi connectivity index (χ1v) is 7.20. The Labute approximate surface area is 120 Å². The topological polar surface area (TPSA) is 35.5 Å². The molecule has 0 spiro atoms. The molecule has 0 atom stereocenters. The summed E-state index contributed by atoms with van der Waals surface area (Å²) < 4.78 is 10.8. The number of benzene rings is 1. The van der Waals surface area contributed by atoms with Crippen LogP contribution in [-0.4, -0.2) is 18.7 Å². The van der Waals surface area contributed by atoms with Gasteiger partial charge in [-0.1, -0.05) is 24.8 Å². The minimum Gasteiger partial charge on any atom is -0.502 e. The van der Waals surface area contributed by atoms with E-state index in [0.717, 1.165) is 37.9 Å². The zero-order valence-corrected chi connectivity index (χ0v) is 12.0. The maximum Gasteiger partial charge on any atom is 0.338 e. The van der Waals surface area contributed by atoms with Gasteiger partial charge in [-0.2, -0.15) is 0 Å². The lowest BCUT2D eigenvalue weighted by atomic mass is 9.88. The van der Waals surface area contributed by atoms with Gasteiger partial charge in [0.05, 0.1) is 18.4 Å². The van der Waals surface area contributed by atoms with Crippen LogP contribution in [0.15, 0.2) is 37.1 Å². The Balaban J connectivity index is 1.82. The second-order valence-electron chi connectivity index (χ2n) is 5.36. The zero-order chi connectivity index (χ0) is 14.4. The number of hydrogen-bond acceptors (Lipinski definition) is 3. The van der Waals surface area contributed by atoms with E-state index >= 15 is 0 Å². The van der Waals surface area contributed by atoms with Crippen LogP contribution in [0.2, 0.25) is 0 Å². The molecule has 0 aliphatic heterocycles. The molecule has 0 heterocycles. The van der Waals surface area contributed by atoms with E-state index in [9.17, 15) is 4.79 Å². The number of aryl methyl sites for hydroxylation is 1. The highest BCUT2D eigenvalue weighted by Gasteiger charge is 2.24. The van der Waals surface area contributed by atoms with Crippen LogP contribution in [0.1, 0.15) is 41.6 Å². The maximum absolute atomic E-state index is 12.1. The van der Waals surface area contributed by atoms with Crippen LogP contribution in [0.4, 0.5) is 0 Å². The summed E-state index contributed by atoms with van der Waals surface area (Å²) in [5.74, 6) is 0.357. The monoisotopic (exact) mass is 274 g/mol. The van der Waals surface area contributed by atoms with Crippen LogP contribution in [0.25, 0.3) is 0 Å². The number of esters is 1. The Morgan fingerprint density at radius 3 is 2.65 bits per heavy atom. The number of ether oxygens (including phenoxy) is 2. The first-order valence-electron chi connectivity index (χ1n) is 7.20. The quantitative estimate of drug-likeness (QED) is 0.604. The van der Waals surface area contributed by atoms with Crippen molar-refractivity contribution in [3.05, 3.63) is 48.2 Å². The molecule has 1 fully saturated rings. The Hall–Kier alpha value is -1.77.